The molecule has 6 heteroatoms. The van der Waals surface area contributed by atoms with Crippen LogP contribution in [0.5, 0.6) is 0 Å². The van der Waals surface area contributed by atoms with E-state index < -0.39 is 35.5 Å². The molecule has 0 aliphatic carbocycles. The van der Waals surface area contributed by atoms with Gasteiger partial charge >= 0.3 is 5.97 Å². The van der Waals surface area contributed by atoms with E-state index in [1.807, 2.05) is 0 Å². The Bertz CT molecular complexity index is 635. The van der Waals surface area contributed by atoms with Crippen LogP contribution in [0.4, 0.5) is 0 Å². The molecule has 2 rings (SSSR count). The topological polar surface area (TPSA) is 94.9 Å². The number of hydrogen-bond donors (Lipinski definition) is 2. The van der Waals surface area contributed by atoms with Crippen molar-refractivity contribution >= 4 is 17.7 Å². The summed E-state index contributed by atoms with van der Waals surface area (Å²) in [5.74, 6) is -3.19. The minimum atomic E-state index is -1.21. The largest absolute Gasteiger partial charge is 0.503 e. The first-order valence-electron chi connectivity index (χ1n) is 6.40. The molecule has 0 bridgehead atoms. The summed E-state index contributed by atoms with van der Waals surface area (Å²) >= 11 is 0. The maximum atomic E-state index is 12.2. The molecular formula is C15H15NO5. The first-order chi connectivity index (χ1) is 9.86. The van der Waals surface area contributed by atoms with E-state index in [-0.39, 0.29) is 5.57 Å². The molecule has 0 saturated carbocycles. The van der Waals surface area contributed by atoms with Gasteiger partial charge in [0.25, 0.3) is 5.91 Å². The standard InChI is InChI=1S/C15H15NO5/c1-8(15(20)21)16-12(10-6-4-3-5-7-10)11(9(2)17)13(18)14(16)19/h3-8,12,18H,1-2H3,(H,20,21)/t8-,12-/m1/s1. The summed E-state index contributed by atoms with van der Waals surface area (Å²) in [6, 6.07) is 6.52. The number of carboxylic acids is 1. The van der Waals surface area contributed by atoms with Gasteiger partial charge in [0, 0.05) is 0 Å². The van der Waals surface area contributed by atoms with Gasteiger partial charge in [-0.1, -0.05) is 30.3 Å². The van der Waals surface area contributed by atoms with Crippen molar-refractivity contribution in [2.24, 2.45) is 0 Å². The summed E-state index contributed by atoms with van der Waals surface area (Å²) in [7, 11) is 0. The maximum absolute atomic E-state index is 12.2. The third kappa shape index (κ3) is 2.40. The number of nitrogens with zero attached hydrogens (tertiary/aromatic N) is 1. The van der Waals surface area contributed by atoms with Gasteiger partial charge in [-0.15, -0.1) is 0 Å². The molecule has 2 N–H and O–H groups in total. The van der Waals surface area contributed by atoms with Crippen LogP contribution in [0.1, 0.15) is 25.5 Å². The van der Waals surface area contributed by atoms with Crippen LogP contribution in [0.2, 0.25) is 0 Å². The second-order valence-electron chi connectivity index (χ2n) is 4.86. The van der Waals surface area contributed by atoms with Crippen LogP contribution in [-0.4, -0.2) is 38.8 Å². The first kappa shape index (κ1) is 14.8. The highest BCUT2D eigenvalue weighted by atomic mass is 16.4. The van der Waals surface area contributed by atoms with Crippen LogP contribution in [0, 0.1) is 0 Å². The highest BCUT2D eigenvalue weighted by molar-refractivity contribution is 6.09. The van der Waals surface area contributed by atoms with Crippen LogP contribution >= 0.6 is 0 Å². The lowest BCUT2D eigenvalue weighted by Crippen LogP contribution is -2.43. The fraction of sp³-hybridized carbons (Fsp3) is 0.267. The SMILES string of the molecule is CC(=O)C1=C(O)C(=O)N([C@H](C)C(=O)O)[C@@H]1c1ccccc1. The molecule has 110 valence electrons. The van der Waals surface area contributed by atoms with Crippen molar-refractivity contribution in [3.05, 3.63) is 47.2 Å². The summed E-state index contributed by atoms with van der Waals surface area (Å²) in [5, 5.41) is 19.1. The number of carbonyl (C=O) groups excluding carboxylic acids is 2. The molecule has 21 heavy (non-hydrogen) atoms. The first-order valence-corrected chi connectivity index (χ1v) is 6.40. The van der Waals surface area contributed by atoms with E-state index >= 15 is 0 Å². The average molecular weight is 289 g/mol. The molecular weight excluding hydrogens is 274 g/mol. The number of amides is 1. The predicted octanol–water partition coefficient (Wildman–Crippen LogP) is 1.44. The molecule has 0 radical (unpaired) electrons. The lowest BCUT2D eigenvalue weighted by Gasteiger charge is -2.29. The minimum absolute atomic E-state index is 0.0701. The molecule has 0 aromatic heterocycles. The lowest BCUT2D eigenvalue weighted by molar-refractivity contribution is -0.149. The Morgan fingerprint density at radius 1 is 1.24 bits per heavy atom. The van der Waals surface area contributed by atoms with Gasteiger partial charge < -0.3 is 15.1 Å². The fourth-order valence-electron chi connectivity index (χ4n) is 2.46. The number of aliphatic carboxylic acids is 1. The number of rotatable bonds is 4. The zero-order valence-corrected chi connectivity index (χ0v) is 11.6. The number of carboxylic acid groups (broad SMARTS) is 1. The van der Waals surface area contributed by atoms with Crippen LogP contribution in [0.25, 0.3) is 0 Å². The third-order valence-corrected chi connectivity index (χ3v) is 3.51. The Morgan fingerprint density at radius 3 is 2.29 bits per heavy atom. The van der Waals surface area contributed by atoms with Crippen molar-refractivity contribution in [3.8, 4) is 0 Å². The monoisotopic (exact) mass is 289 g/mol. The van der Waals surface area contributed by atoms with Gasteiger partial charge in [-0.3, -0.25) is 9.59 Å². The summed E-state index contributed by atoms with van der Waals surface area (Å²) < 4.78 is 0. The van der Waals surface area contributed by atoms with Gasteiger partial charge in [-0.05, 0) is 19.4 Å². The number of aliphatic hydroxyl groups is 1. The molecule has 1 aromatic rings. The van der Waals surface area contributed by atoms with Gasteiger partial charge in [0.2, 0.25) is 0 Å². The highest BCUT2D eigenvalue weighted by Gasteiger charge is 2.46. The van der Waals surface area contributed by atoms with Gasteiger partial charge in [0.05, 0.1) is 11.6 Å². The van der Waals surface area contributed by atoms with Crippen molar-refractivity contribution in [3.63, 3.8) is 0 Å². The minimum Gasteiger partial charge on any atom is -0.503 e. The molecule has 1 aromatic carbocycles. The Kier molecular flexibility index (Phi) is 3.80. The van der Waals surface area contributed by atoms with Crippen molar-refractivity contribution in [2.45, 2.75) is 25.9 Å². The zero-order chi connectivity index (χ0) is 15.7. The summed E-state index contributed by atoms with van der Waals surface area (Å²) in [4.78, 5) is 36.2. The second-order valence-corrected chi connectivity index (χ2v) is 4.86. The number of hydrogen-bond acceptors (Lipinski definition) is 4. The van der Waals surface area contributed by atoms with Crippen LogP contribution in [0.3, 0.4) is 0 Å². The van der Waals surface area contributed by atoms with E-state index in [9.17, 15) is 19.5 Å². The molecule has 1 aliphatic heterocycles. The van der Waals surface area contributed by atoms with Gasteiger partial charge in [-0.2, -0.15) is 0 Å². The Labute approximate surface area is 121 Å². The van der Waals surface area contributed by atoms with Gasteiger partial charge in [0.15, 0.2) is 11.5 Å². The van der Waals surface area contributed by atoms with E-state index in [1.165, 1.54) is 13.8 Å². The molecule has 1 amide bonds. The van der Waals surface area contributed by atoms with Crippen LogP contribution < -0.4 is 0 Å². The van der Waals surface area contributed by atoms with Crippen molar-refractivity contribution < 1.29 is 24.6 Å². The molecule has 2 atom stereocenters. The van der Waals surface area contributed by atoms with Crippen LogP contribution in [0.15, 0.2) is 41.7 Å². The Morgan fingerprint density at radius 2 is 1.81 bits per heavy atom. The highest BCUT2D eigenvalue weighted by Crippen LogP contribution is 2.38. The van der Waals surface area contributed by atoms with E-state index in [0.29, 0.717) is 5.56 Å². The number of ketones is 1. The second kappa shape index (κ2) is 5.40. The van der Waals surface area contributed by atoms with E-state index in [1.54, 1.807) is 30.3 Å². The third-order valence-electron chi connectivity index (χ3n) is 3.51. The lowest BCUT2D eigenvalue weighted by atomic mass is 9.96. The smallest absolute Gasteiger partial charge is 0.326 e. The van der Waals surface area contributed by atoms with E-state index in [2.05, 4.69) is 0 Å². The molecule has 0 spiro atoms. The molecule has 1 aliphatic rings. The normalized spacial score (nSPS) is 19.8. The zero-order valence-electron chi connectivity index (χ0n) is 11.6. The number of carbonyl (C=O) groups is 3. The molecule has 0 unspecified atom stereocenters. The molecule has 0 saturated heterocycles. The van der Waals surface area contributed by atoms with Crippen molar-refractivity contribution in [1.82, 2.24) is 4.90 Å². The van der Waals surface area contributed by atoms with Crippen LogP contribution in [-0.2, 0) is 14.4 Å². The van der Waals surface area contributed by atoms with E-state index in [4.69, 9.17) is 5.11 Å². The van der Waals surface area contributed by atoms with Crippen molar-refractivity contribution in [2.75, 3.05) is 0 Å². The summed E-state index contributed by atoms with van der Waals surface area (Å²) in [6.45, 7) is 2.58. The van der Waals surface area contributed by atoms with Crippen molar-refractivity contribution in [1.29, 1.82) is 0 Å². The number of benzene rings is 1. The number of Topliss-reactive ketones (excluding diaryl/α,β-unsaturated/α-hetero) is 1. The Hall–Kier alpha value is -2.63. The molecule has 0 fully saturated rings. The average Bonchev–Trinajstić information content (AvgIpc) is 2.71. The quantitative estimate of drug-likeness (QED) is 0.874. The van der Waals surface area contributed by atoms with Gasteiger partial charge in [0.1, 0.15) is 6.04 Å². The summed E-state index contributed by atoms with van der Waals surface area (Å²) in [6.07, 6.45) is 0. The predicted molar refractivity (Wildman–Crippen MR) is 73.5 cm³/mol. The fourth-order valence-corrected chi connectivity index (χ4v) is 2.46. The number of aliphatic hydroxyl groups excluding tert-OH is 1. The van der Waals surface area contributed by atoms with Gasteiger partial charge in [-0.25, -0.2) is 4.79 Å². The van der Waals surface area contributed by atoms with E-state index in [0.717, 1.165) is 4.90 Å². The maximum Gasteiger partial charge on any atom is 0.326 e. The molecule has 6 nitrogen and oxygen atoms in total. The Balaban J connectivity index is 2.59. The molecule has 1 heterocycles. The summed E-state index contributed by atoms with van der Waals surface area (Å²) in [5.41, 5.74) is 0.507.